The van der Waals surface area contributed by atoms with Crippen LogP contribution in [-0.4, -0.2) is 65.2 Å². The summed E-state index contributed by atoms with van der Waals surface area (Å²) in [5.41, 5.74) is 4.88. The first-order valence-electron chi connectivity index (χ1n) is 8.48. The van der Waals surface area contributed by atoms with Gasteiger partial charge in [0, 0.05) is 18.8 Å². The summed E-state index contributed by atoms with van der Waals surface area (Å²) in [6.45, 7) is 8.92. The maximum atomic E-state index is 9.01. The molecule has 13 heteroatoms. The van der Waals surface area contributed by atoms with E-state index < -0.39 is 17.9 Å². The number of halogens is 1. The fourth-order valence-corrected chi connectivity index (χ4v) is 3.37. The summed E-state index contributed by atoms with van der Waals surface area (Å²) in [4.78, 5) is 54.7. The Morgan fingerprint density at radius 1 is 1.00 bits per heavy atom. The molecule has 0 saturated heterocycles. The Morgan fingerprint density at radius 2 is 1.48 bits per heavy atom. The Kier molecular flexibility index (Phi) is 13.7. The molecular formula is C16H29AgIN2O7Si2-. The van der Waals surface area contributed by atoms with E-state index in [-0.39, 0.29) is 6.04 Å². The summed E-state index contributed by atoms with van der Waals surface area (Å²) in [5.74, 6) is 0. The minimum atomic E-state index is -4.13. The molecule has 0 atom stereocenters. The molecule has 9 nitrogen and oxygen atoms in total. The SMILES string of the molecule is CO[Si](O)(O)O.Cc1cc(C)c(N2C=CN(CCC[Si](O)(O)O)[CH-]2)c(C)c1.[Ag][I]. The van der Waals surface area contributed by atoms with Gasteiger partial charge in [-0.2, -0.15) is 6.67 Å². The Morgan fingerprint density at radius 3 is 1.90 bits per heavy atom. The molecule has 1 heterocycles. The molecule has 0 aromatic heterocycles. The van der Waals surface area contributed by atoms with Gasteiger partial charge in [-0.3, -0.25) is 0 Å². The molecule has 1 aromatic carbocycles. The molecule has 0 amide bonds. The first kappa shape index (κ1) is 29.2. The average Bonchev–Trinajstić information content (AvgIpc) is 3.03. The number of aryl methyl sites for hydroxylation is 3. The van der Waals surface area contributed by atoms with Gasteiger partial charge in [-0.1, -0.05) is 17.7 Å². The fourth-order valence-electron chi connectivity index (χ4n) is 2.74. The Balaban J connectivity index is 0.000000841. The monoisotopic (exact) mass is 651 g/mol. The van der Waals surface area contributed by atoms with Gasteiger partial charge in [0.05, 0.1) is 0 Å². The van der Waals surface area contributed by atoms with E-state index in [0.29, 0.717) is 13.0 Å². The maximum absolute atomic E-state index is 9.01. The van der Waals surface area contributed by atoms with Gasteiger partial charge in [-0.15, -0.1) is 0 Å². The van der Waals surface area contributed by atoms with Crippen molar-refractivity contribution in [1.82, 2.24) is 4.90 Å². The molecule has 0 spiro atoms. The van der Waals surface area contributed by atoms with E-state index in [2.05, 4.69) is 59.5 Å². The normalized spacial score (nSPS) is 13.7. The van der Waals surface area contributed by atoms with Crippen LogP contribution in [0.25, 0.3) is 0 Å². The van der Waals surface area contributed by atoms with Crippen molar-refractivity contribution in [3.05, 3.63) is 47.9 Å². The topological polar surface area (TPSA) is 137 Å². The Hall–Kier alpha value is 0.184. The Labute approximate surface area is 196 Å². The number of hydrogen-bond acceptors (Lipinski definition) is 9. The van der Waals surface area contributed by atoms with Gasteiger partial charge in [0.2, 0.25) is 0 Å². The molecular weight excluding hydrogens is 623 g/mol. The fraction of sp³-hybridized carbons (Fsp3) is 0.438. The molecule has 2 rings (SSSR count). The van der Waals surface area contributed by atoms with Crippen molar-refractivity contribution < 1.29 is 50.5 Å². The second-order valence-electron chi connectivity index (χ2n) is 6.46. The average molecular weight is 652 g/mol. The summed E-state index contributed by atoms with van der Waals surface area (Å²) in [7, 11) is -7.02. The van der Waals surface area contributed by atoms with Crippen LogP contribution in [0.15, 0.2) is 24.5 Å². The van der Waals surface area contributed by atoms with Gasteiger partial charge in [0.25, 0.3) is 0 Å². The molecule has 1 aliphatic rings. The van der Waals surface area contributed by atoms with Crippen molar-refractivity contribution in [1.29, 1.82) is 0 Å². The summed E-state index contributed by atoms with van der Waals surface area (Å²) >= 11 is 4.88. The minimum absolute atomic E-state index is 0.0633. The van der Waals surface area contributed by atoms with Gasteiger partial charge < -0.3 is 43.0 Å². The molecule has 172 valence electrons. The van der Waals surface area contributed by atoms with E-state index >= 15 is 0 Å². The van der Waals surface area contributed by atoms with Crippen LogP contribution in [0.3, 0.4) is 0 Å². The van der Waals surface area contributed by atoms with Crippen LogP contribution >= 0.6 is 19.0 Å². The zero-order chi connectivity index (χ0) is 22.8. The molecule has 0 unspecified atom stereocenters. The van der Waals surface area contributed by atoms with Crippen LogP contribution in [0.5, 0.6) is 0 Å². The zero-order valence-electron chi connectivity index (χ0n) is 16.7. The van der Waals surface area contributed by atoms with E-state index in [1.807, 2.05) is 43.0 Å². The summed E-state index contributed by atoms with van der Waals surface area (Å²) < 4.78 is 3.74. The van der Waals surface area contributed by atoms with E-state index in [0.717, 1.165) is 7.11 Å². The van der Waals surface area contributed by atoms with Crippen molar-refractivity contribution in [2.45, 2.75) is 33.2 Å². The number of rotatable bonds is 6. The summed E-state index contributed by atoms with van der Waals surface area (Å²) in [5, 5.41) is 0. The number of anilines is 1. The van der Waals surface area contributed by atoms with Crippen LogP contribution in [0.1, 0.15) is 23.1 Å². The number of hydrogen-bond donors (Lipinski definition) is 6. The number of nitrogens with zero attached hydrogens (tertiary/aromatic N) is 2. The quantitative estimate of drug-likeness (QED) is 0.148. The van der Waals surface area contributed by atoms with Crippen LogP contribution < -0.4 is 4.90 Å². The van der Waals surface area contributed by atoms with Crippen LogP contribution in [0.4, 0.5) is 5.69 Å². The molecule has 1 aliphatic heterocycles. The van der Waals surface area contributed by atoms with Crippen molar-refractivity contribution >= 4 is 42.6 Å². The Bertz CT molecular complexity index is 634. The molecule has 0 saturated carbocycles. The van der Waals surface area contributed by atoms with Crippen LogP contribution in [0.2, 0.25) is 6.04 Å². The second-order valence-corrected chi connectivity index (χ2v) is 10.1. The van der Waals surface area contributed by atoms with Gasteiger partial charge in [-0.05, 0) is 57.3 Å². The molecule has 0 bridgehead atoms. The van der Waals surface area contributed by atoms with Gasteiger partial charge in [0.15, 0.2) is 0 Å². The van der Waals surface area contributed by atoms with Gasteiger partial charge in [0.1, 0.15) is 0 Å². The third-order valence-electron chi connectivity index (χ3n) is 3.79. The molecule has 0 radical (unpaired) electrons. The van der Waals surface area contributed by atoms with Crippen molar-refractivity contribution in [3.63, 3.8) is 0 Å². The number of benzene rings is 1. The molecule has 0 aliphatic carbocycles. The van der Waals surface area contributed by atoms with Crippen molar-refractivity contribution in [3.8, 4) is 0 Å². The predicted octanol–water partition coefficient (Wildman–Crippen LogP) is 0.559. The van der Waals surface area contributed by atoms with E-state index in [1.54, 1.807) is 0 Å². The van der Waals surface area contributed by atoms with E-state index in [1.165, 1.54) is 22.4 Å². The summed E-state index contributed by atoms with van der Waals surface area (Å²) in [6, 6.07) is 4.39. The zero-order valence-corrected chi connectivity index (χ0v) is 22.3. The summed E-state index contributed by atoms with van der Waals surface area (Å²) in [6.07, 6.45) is 4.48. The molecule has 0 fully saturated rings. The predicted molar refractivity (Wildman–Crippen MR) is 119 cm³/mol. The van der Waals surface area contributed by atoms with Crippen LogP contribution in [0, 0.1) is 27.4 Å². The second kappa shape index (κ2) is 13.6. The third kappa shape index (κ3) is 12.6. The first-order valence-corrected chi connectivity index (χ1v) is 16.7. The van der Waals surface area contributed by atoms with E-state index in [9.17, 15) is 0 Å². The van der Waals surface area contributed by atoms with Crippen molar-refractivity contribution in [2.24, 2.45) is 0 Å². The van der Waals surface area contributed by atoms with Gasteiger partial charge in [-0.25, -0.2) is 0 Å². The van der Waals surface area contributed by atoms with Crippen LogP contribution in [-0.2, 0) is 21.7 Å². The molecule has 29 heavy (non-hydrogen) atoms. The first-order chi connectivity index (χ1) is 13.3. The van der Waals surface area contributed by atoms with Crippen molar-refractivity contribution in [2.75, 3.05) is 18.6 Å². The standard InChI is InChI=1S/C15H23N2O3Si.CH6O4Si.Ag.HI/c1-12-9-13(2)15(14(3)10-12)17-7-6-16(11-17)5-4-8-21(18,19)20;1-5-6(2,3)4;;/h6-7,9-11,18-20H,4-5,8H2,1-3H3;2-4H,1H3;;1H/q-1;;+1;/p-1. The molecule has 6 N–H and O–H groups in total. The van der Waals surface area contributed by atoms with E-state index in [4.69, 9.17) is 28.8 Å². The molecule has 1 aromatic rings. The third-order valence-corrected chi connectivity index (χ3v) is 5.36. The van der Waals surface area contributed by atoms with Gasteiger partial charge >= 0.3 is 54.1 Å².